The summed E-state index contributed by atoms with van der Waals surface area (Å²) in [5.41, 5.74) is 17.1. The van der Waals surface area contributed by atoms with Gasteiger partial charge in [0.05, 0.1) is 11.4 Å². The van der Waals surface area contributed by atoms with E-state index in [9.17, 15) is 0 Å². The zero-order valence-electron chi connectivity index (χ0n) is 33.2. The molecule has 2 aromatic heterocycles. The Kier molecular flexibility index (Phi) is 7.54. The van der Waals surface area contributed by atoms with Crippen molar-refractivity contribution in [3.8, 4) is 44.8 Å². The normalized spacial score (nSPS) is 13.0. The van der Waals surface area contributed by atoms with E-state index in [1.54, 1.807) is 0 Å². The maximum absolute atomic E-state index is 6.49. The van der Waals surface area contributed by atoms with E-state index < -0.39 is 0 Å². The molecular weight excluding hydrogens is 733 g/mol. The minimum Gasteiger partial charge on any atom is -0.456 e. The lowest BCUT2D eigenvalue weighted by Gasteiger charge is -2.31. The van der Waals surface area contributed by atoms with Crippen LogP contribution < -0.4 is 4.90 Å². The molecule has 0 saturated carbocycles. The first kappa shape index (κ1) is 34.4. The van der Waals surface area contributed by atoms with Crippen LogP contribution in [0.4, 0.5) is 17.1 Å². The van der Waals surface area contributed by atoms with Crippen molar-refractivity contribution in [3.05, 3.63) is 205 Å². The number of hydrogen-bond donors (Lipinski definition) is 0. The zero-order valence-corrected chi connectivity index (χ0v) is 33.2. The van der Waals surface area contributed by atoms with Gasteiger partial charge in [0, 0.05) is 44.6 Å². The van der Waals surface area contributed by atoms with Crippen LogP contribution in [0.1, 0.15) is 25.0 Å². The number of rotatable bonds is 6. The van der Waals surface area contributed by atoms with Crippen LogP contribution in [0.2, 0.25) is 0 Å². The molecule has 2 heterocycles. The van der Waals surface area contributed by atoms with Crippen LogP contribution in [0.15, 0.2) is 203 Å². The number of aromatic nitrogens is 1. The van der Waals surface area contributed by atoms with Gasteiger partial charge in [-0.1, -0.05) is 153 Å². The van der Waals surface area contributed by atoms with E-state index in [-0.39, 0.29) is 5.41 Å². The van der Waals surface area contributed by atoms with E-state index >= 15 is 0 Å². The van der Waals surface area contributed by atoms with Gasteiger partial charge in [-0.05, 0) is 92.7 Å². The first-order valence-electron chi connectivity index (χ1n) is 20.5. The summed E-state index contributed by atoms with van der Waals surface area (Å²) in [7, 11) is 0. The second-order valence-corrected chi connectivity index (χ2v) is 16.3. The van der Waals surface area contributed by atoms with Gasteiger partial charge in [0.1, 0.15) is 16.7 Å². The number of para-hydroxylation sites is 1. The maximum atomic E-state index is 6.49. The fourth-order valence-electron chi connectivity index (χ4n) is 9.67. The smallest absolute Gasteiger partial charge is 0.227 e. The summed E-state index contributed by atoms with van der Waals surface area (Å²) < 4.78 is 12.7. The van der Waals surface area contributed by atoms with Crippen molar-refractivity contribution < 1.29 is 8.83 Å². The second kappa shape index (κ2) is 13.2. The van der Waals surface area contributed by atoms with Gasteiger partial charge in [0.25, 0.3) is 0 Å². The lowest BCUT2D eigenvalue weighted by Crippen LogP contribution is -2.16. The van der Waals surface area contributed by atoms with Crippen LogP contribution in [0, 0.1) is 0 Å². The number of anilines is 3. The Bertz CT molecular complexity index is 3460. The molecule has 12 rings (SSSR count). The molecule has 0 saturated heterocycles. The Hall–Kier alpha value is -7.69. The molecular formula is C56H38N2O2. The highest BCUT2D eigenvalue weighted by atomic mass is 16.4. The Balaban J connectivity index is 1.04. The van der Waals surface area contributed by atoms with Gasteiger partial charge in [0.2, 0.25) is 5.89 Å². The summed E-state index contributed by atoms with van der Waals surface area (Å²) in [6.45, 7) is 4.70. The summed E-state index contributed by atoms with van der Waals surface area (Å²) in [6, 6.07) is 69.3. The molecule has 1 aliphatic rings. The molecule has 11 aromatic rings. The monoisotopic (exact) mass is 770 g/mol. The molecule has 0 atom stereocenters. The molecule has 4 heteroatoms. The molecule has 1 aliphatic carbocycles. The summed E-state index contributed by atoms with van der Waals surface area (Å²) in [6.07, 6.45) is 0. The maximum Gasteiger partial charge on any atom is 0.227 e. The average molecular weight is 771 g/mol. The van der Waals surface area contributed by atoms with Crippen molar-refractivity contribution in [2.24, 2.45) is 0 Å². The van der Waals surface area contributed by atoms with Gasteiger partial charge >= 0.3 is 0 Å². The zero-order chi connectivity index (χ0) is 40.0. The van der Waals surface area contributed by atoms with Crippen LogP contribution >= 0.6 is 0 Å². The fraction of sp³-hybridized carbons (Fsp3) is 0.0536. The molecule has 4 nitrogen and oxygen atoms in total. The fourth-order valence-corrected chi connectivity index (χ4v) is 9.67. The molecule has 0 aliphatic heterocycles. The number of fused-ring (bicyclic) bond motifs is 8. The van der Waals surface area contributed by atoms with Crippen molar-refractivity contribution in [1.82, 2.24) is 4.98 Å². The Morgan fingerprint density at radius 2 is 1.12 bits per heavy atom. The van der Waals surface area contributed by atoms with Crippen molar-refractivity contribution in [2.75, 3.05) is 4.90 Å². The number of nitrogens with zero attached hydrogens (tertiary/aromatic N) is 2. The van der Waals surface area contributed by atoms with Crippen molar-refractivity contribution >= 4 is 60.9 Å². The Morgan fingerprint density at radius 3 is 2.00 bits per heavy atom. The van der Waals surface area contributed by atoms with Gasteiger partial charge in [0.15, 0.2) is 5.58 Å². The quantitative estimate of drug-likeness (QED) is 0.169. The minimum atomic E-state index is -0.140. The summed E-state index contributed by atoms with van der Waals surface area (Å²) in [5.74, 6) is 0.598. The van der Waals surface area contributed by atoms with Gasteiger partial charge < -0.3 is 13.7 Å². The Morgan fingerprint density at radius 1 is 0.450 bits per heavy atom. The molecule has 0 radical (unpaired) electrons. The van der Waals surface area contributed by atoms with Gasteiger partial charge in [-0.3, -0.25) is 0 Å². The van der Waals surface area contributed by atoms with Gasteiger partial charge in [-0.15, -0.1) is 0 Å². The van der Waals surface area contributed by atoms with Crippen LogP contribution in [-0.2, 0) is 5.41 Å². The summed E-state index contributed by atoms with van der Waals surface area (Å²) >= 11 is 0. The first-order valence-corrected chi connectivity index (χ1v) is 20.5. The Labute approximate surface area is 347 Å². The highest BCUT2D eigenvalue weighted by Crippen LogP contribution is 2.55. The van der Waals surface area contributed by atoms with E-state index in [1.165, 1.54) is 44.2 Å². The third-order valence-electron chi connectivity index (χ3n) is 12.5. The predicted octanol–water partition coefficient (Wildman–Crippen LogP) is 15.7. The number of hydrogen-bond acceptors (Lipinski definition) is 4. The van der Waals surface area contributed by atoms with Crippen LogP contribution in [0.5, 0.6) is 0 Å². The lowest BCUT2D eigenvalue weighted by atomic mass is 9.82. The predicted molar refractivity (Wildman–Crippen MR) is 247 cm³/mol. The van der Waals surface area contributed by atoms with E-state index in [0.717, 1.165) is 61.2 Å². The van der Waals surface area contributed by atoms with Crippen molar-refractivity contribution in [2.45, 2.75) is 19.3 Å². The number of oxazole rings is 1. The summed E-state index contributed by atoms with van der Waals surface area (Å²) in [5, 5.41) is 4.52. The number of benzene rings is 9. The van der Waals surface area contributed by atoms with Crippen molar-refractivity contribution in [3.63, 3.8) is 0 Å². The third kappa shape index (κ3) is 5.20. The molecule has 60 heavy (non-hydrogen) atoms. The minimum absolute atomic E-state index is 0.140. The molecule has 284 valence electrons. The standard InChI is InChI=1S/C56H38N2O2/c1-56(2)45-24-10-8-21-43(45)54-46(56)25-14-27-49(54)58(48-26-11-9-20-42(48)41-23-12-18-35-15-6-7-19-39(35)41)38-31-29-36(30-32-38)40-22-13-28-50-53(40)44-33-47-52(34-51(44)59-50)60-55(57-47)37-16-4-3-5-17-37/h3-34H,1-2H3. The number of furan rings is 1. The average Bonchev–Trinajstić information content (AvgIpc) is 3.96. The SMILES string of the molecule is CC1(C)c2ccccc2-c2c(N(c3ccc(-c4cccc5oc6cc7oc(-c8ccccc8)nc7cc6c45)cc3)c3ccccc3-c3cccc4ccccc34)cccc21. The lowest BCUT2D eigenvalue weighted by molar-refractivity contribution is 0.617. The van der Waals surface area contributed by atoms with Gasteiger partial charge in [-0.25, -0.2) is 4.98 Å². The van der Waals surface area contributed by atoms with Crippen LogP contribution in [0.3, 0.4) is 0 Å². The van der Waals surface area contributed by atoms with Crippen LogP contribution in [-0.4, -0.2) is 4.98 Å². The van der Waals surface area contributed by atoms with E-state index in [2.05, 4.69) is 170 Å². The van der Waals surface area contributed by atoms with Crippen LogP contribution in [0.25, 0.3) is 88.6 Å². The molecule has 0 amide bonds. The second-order valence-electron chi connectivity index (χ2n) is 16.3. The van der Waals surface area contributed by atoms with E-state index in [1.807, 2.05) is 42.5 Å². The third-order valence-corrected chi connectivity index (χ3v) is 12.5. The highest BCUT2D eigenvalue weighted by Gasteiger charge is 2.38. The highest BCUT2D eigenvalue weighted by molar-refractivity contribution is 6.15. The molecule has 0 spiro atoms. The van der Waals surface area contributed by atoms with Crippen molar-refractivity contribution in [1.29, 1.82) is 0 Å². The molecule has 9 aromatic carbocycles. The largest absolute Gasteiger partial charge is 0.456 e. The summed E-state index contributed by atoms with van der Waals surface area (Å²) in [4.78, 5) is 7.36. The van der Waals surface area contributed by atoms with Gasteiger partial charge in [-0.2, -0.15) is 0 Å². The molecule has 0 bridgehead atoms. The molecule has 0 N–H and O–H groups in total. The first-order chi connectivity index (χ1) is 29.5. The molecule has 0 fully saturated rings. The van der Waals surface area contributed by atoms with E-state index in [0.29, 0.717) is 11.5 Å². The van der Waals surface area contributed by atoms with E-state index in [4.69, 9.17) is 13.8 Å². The molecule has 0 unspecified atom stereocenters. The topological polar surface area (TPSA) is 42.4 Å².